The lowest BCUT2D eigenvalue weighted by atomic mass is 10.2. The number of nitrogens with zero attached hydrogens (tertiary/aromatic N) is 3. The van der Waals surface area contributed by atoms with Crippen molar-refractivity contribution in [3.05, 3.63) is 93.2 Å². The molecule has 9 heteroatoms. The first kappa shape index (κ1) is 22.5. The van der Waals surface area contributed by atoms with Gasteiger partial charge in [-0.1, -0.05) is 22.8 Å². The van der Waals surface area contributed by atoms with Crippen molar-refractivity contribution in [3.63, 3.8) is 0 Å². The highest BCUT2D eigenvalue weighted by atomic mass is 35.5. The molecule has 4 rings (SSSR count). The van der Waals surface area contributed by atoms with Crippen molar-refractivity contribution in [1.29, 1.82) is 0 Å². The van der Waals surface area contributed by atoms with Gasteiger partial charge in [0.25, 0.3) is 5.91 Å². The quantitative estimate of drug-likeness (QED) is 0.389. The molecule has 2 heterocycles. The van der Waals surface area contributed by atoms with Gasteiger partial charge in [0.1, 0.15) is 23.9 Å². The van der Waals surface area contributed by atoms with Gasteiger partial charge in [-0.15, -0.1) is 0 Å². The third-order valence-corrected chi connectivity index (χ3v) is 5.59. The Morgan fingerprint density at radius 1 is 1.15 bits per heavy atom. The maximum atomic E-state index is 13.3. The number of aryl methyl sites for hydroxylation is 3. The predicted octanol–water partition coefficient (Wildman–Crippen LogP) is 5.47. The van der Waals surface area contributed by atoms with Crippen LogP contribution in [0.5, 0.6) is 5.75 Å². The Kier molecular flexibility index (Phi) is 6.46. The average molecular weight is 469 g/mol. The lowest BCUT2D eigenvalue weighted by molar-refractivity contribution is 0.102. The van der Waals surface area contributed by atoms with Crippen molar-refractivity contribution in [3.8, 4) is 5.75 Å². The lowest BCUT2D eigenvalue weighted by Gasteiger charge is -2.08. The summed E-state index contributed by atoms with van der Waals surface area (Å²) in [5, 5.41) is 11.4. The molecule has 0 saturated carbocycles. The Balaban J connectivity index is 1.38. The minimum atomic E-state index is -0.394. The number of aromatic nitrogens is 3. The summed E-state index contributed by atoms with van der Waals surface area (Å²) in [6, 6.07) is 12.8. The maximum absolute atomic E-state index is 13.3. The summed E-state index contributed by atoms with van der Waals surface area (Å²) in [6.45, 7) is 6.26. The van der Waals surface area contributed by atoms with Gasteiger partial charge in [0.2, 0.25) is 0 Å². The molecular formula is C24H22ClFN4O3. The van der Waals surface area contributed by atoms with Crippen LogP contribution in [0.1, 0.15) is 38.6 Å². The van der Waals surface area contributed by atoms with E-state index in [1.807, 2.05) is 20.8 Å². The number of ether oxygens (including phenoxy) is 1. The summed E-state index contributed by atoms with van der Waals surface area (Å²) in [5.74, 6) is 1.07. The molecular weight excluding hydrogens is 447 g/mol. The number of carbonyl (C=O) groups is 1. The van der Waals surface area contributed by atoms with Gasteiger partial charge in [-0.2, -0.15) is 5.10 Å². The second kappa shape index (κ2) is 9.46. The molecule has 0 aliphatic rings. The number of hydrogen-bond donors (Lipinski definition) is 1. The molecule has 0 fully saturated rings. The third-order valence-electron chi connectivity index (χ3n) is 5.24. The molecule has 0 aliphatic carbocycles. The van der Waals surface area contributed by atoms with E-state index >= 15 is 0 Å². The van der Waals surface area contributed by atoms with E-state index in [1.165, 1.54) is 12.1 Å². The molecule has 4 aromatic rings. The fraction of sp³-hybridized carbons (Fsp3) is 0.208. The molecule has 33 heavy (non-hydrogen) atoms. The Morgan fingerprint density at radius 3 is 2.58 bits per heavy atom. The van der Waals surface area contributed by atoms with Crippen LogP contribution in [0.15, 0.2) is 53.1 Å². The van der Waals surface area contributed by atoms with Crippen LogP contribution in [0.2, 0.25) is 5.02 Å². The first-order chi connectivity index (χ1) is 15.8. The van der Waals surface area contributed by atoms with Gasteiger partial charge in [-0.25, -0.2) is 4.39 Å². The Morgan fingerprint density at radius 2 is 1.91 bits per heavy atom. The van der Waals surface area contributed by atoms with Crippen LogP contribution < -0.4 is 10.1 Å². The van der Waals surface area contributed by atoms with Crippen molar-refractivity contribution in [1.82, 2.24) is 14.9 Å². The van der Waals surface area contributed by atoms with Gasteiger partial charge in [0.05, 0.1) is 17.8 Å². The number of amides is 1. The second-order valence-corrected chi connectivity index (χ2v) is 8.04. The maximum Gasteiger partial charge on any atom is 0.256 e. The fourth-order valence-electron chi connectivity index (χ4n) is 3.30. The second-order valence-electron chi connectivity index (χ2n) is 7.63. The van der Waals surface area contributed by atoms with Gasteiger partial charge in [-0.3, -0.25) is 9.48 Å². The fourth-order valence-corrected chi connectivity index (χ4v) is 3.52. The van der Waals surface area contributed by atoms with E-state index < -0.39 is 5.82 Å². The SMILES string of the molecule is Cc1noc(C)c1COc1ccc(C(=O)Nc2cc(C)n(Cc3ccc(F)cc3Cl)n2)cc1. The summed E-state index contributed by atoms with van der Waals surface area (Å²) >= 11 is 6.11. The Bertz CT molecular complexity index is 1280. The Hall–Kier alpha value is -3.65. The molecule has 0 radical (unpaired) electrons. The third kappa shape index (κ3) is 5.23. The number of carbonyl (C=O) groups excluding carboxylic acids is 1. The van der Waals surface area contributed by atoms with Crippen LogP contribution in [0.25, 0.3) is 0 Å². The number of benzene rings is 2. The summed E-state index contributed by atoms with van der Waals surface area (Å²) in [4.78, 5) is 12.6. The minimum Gasteiger partial charge on any atom is -0.489 e. The molecule has 7 nitrogen and oxygen atoms in total. The van der Waals surface area contributed by atoms with Crippen LogP contribution >= 0.6 is 11.6 Å². The first-order valence-electron chi connectivity index (χ1n) is 10.2. The molecule has 0 aliphatic heterocycles. The first-order valence-corrected chi connectivity index (χ1v) is 10.6. The summed E-state index contributed by atoms with van der Waals surface area (Å²) in [7, 11) is 0. The molecule has 0 unspecified atom stereocenters. The average Bonchev–Trinajstić information content (AvgIpc) is 3.29. The van der Waals surface area contributed by atoms with Crippen molar-refractivity contribution < 1.29 is 18.4 Å². The van der Waals surface area contributed by atoms with E-state index in [4.69, 9.17) is 20.9 Å². The van der Waals surface area contributed by atoms with Crippen molar-refractivity contribution in [2.24, 2.45) is 0 Å². The molecule has 1 amide bonds. The number of anilines is 1. The normalized spacial score (nSPS) is 10.9. The van der Waals surface area contributed by atoms with Crippen molar-refractivity contribution >= 4 is 23.3 Å². The van der Waals surface area contributed by atoms with Crippen molar-refractivity contribution in [2.45, 2.75) is 33.9 Å². The lowest BCUT2D eigenvalue weighted by Crippen LogP contribution is -2.13. The zero-order chi connectivity index (χ0) is 23.5. The standard InChI is InChI=1S/C24H22ClFN4O3/c1-14-10-23(28-30(14)12-18-4-7-19(26)11-22(18)25)27-24(31)17-5-8-20(9-6-17)32-13-21-15(2)29-33-16(21)3/h4-11H,12-13H2,1-3H3,(H,27,28,31). The molecule has 2 aromatic carbocycles. The topological polar surface area (TPSA) is 82.2 Å². The van der Waals surface area contributed by atoms with E-state index in [0.717, 1.165) is 28.3 Å². The van der Waals surface area contributed by atoms with Crippen LogP contribution in [0.3, 0.4) is 0 Å². The van der Waals surface area contributed by atoms with Crippen molar-refractivity contribution in [2.75, 3.05) is 5.32 Å². The van der Waals surface area contributed by atoms with Gasteiger partial charge in [0, 0.05) is 22.3 Å². The van der Waals surface area contributed by atoms with E-state index in [2.05, 4.69) is 15.6 Å². The number of nitrogens with one attached hydrogen (secondary N) is 1. The van der Waals surface area contributed by atoms with Crippen LogP contribution in [-0.4, -0.2) is 20.8 Å². The van der Waals surface area contributed by atoms with Gasteiger partial charge in [0.15, 0.2) is 5.82 Å². The zero-order valence-corrected chi connectivity index (χ0v) is 19.1. The smallest absolute Gasteiger partial charge is 0.256 e. The molecule has 0 atom stereocenters. The molecule has 0 bridgehead atoms. The zero-order valence-electron chi connectivity index (χ0n) is 18.4. The number of hydrogen-bond acceptors (Lipinski definition) is 5. The van der Waals surface area contributed by atoms with Crippen LogP contribution in [-0.2, 0) is 13.2 Å². The largest absolute Gasteiger partial charge is 0.489 e. The van der Waals surface area contributed by atoms with E-state index in [9.17, 15) is 9.18 Å². The number of rotatable bonds is 7. The van der Waals surface area contributed by atoms with Crippen LogP contribution in [0, 0.1) is 26.6 Å². The summed E-state index contributed by atoms with van der Waals surface area (Å²) in [5.41, 5.74) is 3.72. The van der Waals surface area contributed by atoms with E-state index in [-0.39, 0.29) is 5.91 Å². The highest BCUT2D eigenvalue weighted by molar-refractivity contribution is 6.31. The highest BCUT2D eigenvalue weighted by Crippen LogP contribution is 2.21. The van der Waals surface area contributed by atoms with Gasteiger partial charge in [-0.05, 0) is 62.7 Å². The molecule has 0 spiro atoms. The van der Waals surface area contributed by atoms with Crippen LogP contribution in [0.4, 0.5) is 10.2 Å². The predicted molar refractivity (Wildman–Crippen MR) is 122 cm³/mol. The van der Waals surface area contributed by atoms with E-state index in [1.54, 1.807) is 41.1 Å². The monoisotopic (exact) mass is 468 g/mol. The summed E-state index contributed by atoms with van der Waals surface area (Å²) in [6.07, 6.45) is 0. The summed E-state index contributed by atoms with van der Waals surface area (Å²) < 4.78 is 25.9. The molecule has 170 valence electrons. The van der Waals surface area contributed by atoms with E-state index in [0.29, 0.717) is 35.3 Å². The molecule has 1 N–H and O–H groups in total. The van der Waals surface area contributed by atoms with Gasteiger partial charge < -0.3 is 14.6 Å². The molecule has 0 saturated heterocycles. The highest BCUT2D eigenvalue weighted by Gasteiger charge is 2.13. The van der Waals surface area contributed by atoms with Gasteiger partial charge >= 0.3 is 0 Å². The Labute approximate surface area is 195 Å². The number of halogens is 2. The molecule has 2 aromatic heterocycles. The minimum absolute atomic E-state index is 0.295.